The van der Waals surface area contributed by atoms with E-state index < -0.39 is 0 Å². The number of aromatic nitrogens is 2. The molecule has 1 aliphatic heterocycles. The normalized spacial score (nSPS) is 17.1. The van der Waals surface area contributed by atoms with Gasteiger partial charge in [0.05, 0.1) is 0 Å². The van der Waals surface area contributed by atoms with Gasteiger partial charge in [-0.1, -0.05) is 0 Å². The Morgan fingerprint density at radius 2 is 1.93 bits per heavy atom. The molecule has 0 atom stereocenters. The third kappa shape index (κ3) is 1.82. The first-order chi connectivity index (χ1) is 6.79. The van der Waals surface area contributed by atoms with E-state index >= 15 is 0 Å². The molecule has 2 N–H and O–H groups in total. The smallest absolute Gasteiger partial charge is 0.148 e. The Balaban J connectivity index is 2.26. The number of piperidine rings is 1. The Bertz CT molecular complexity index is 323. The number of hydrogen-bond donors (Lipinski definition) is 1. The molecule has 0 unspecified atom stereocenters. The highest BCUT2D eigenvalue weighted by Crippen LogP contribution is 2.29. The lowest BCUT2D eigenvalue weighted by molar-refractivity contribution is 0.572. The maximum absolute atomic E-state index is 5.70. The Morgan fingerprint density at radius 1 is 1.21 bits per heavy atom. The molecule has 5 heteroatoms. The minimum atomic E-state index is 0.514. The third-order valence-electron chi connectivity index (χ3n) is 2.45. The first-order valence-electron chi connectivity index (χ1n) is 4.80. The van der Waals surface area contributed by atoms with Crippen LogP contribution in [-0.4, -0.2) is 23.1 Å². The van der Waals surface area contributed by atoms with Crippen molar-refractivity contribution >= 4 is 27.6 Å². The standard InChI is InChI=1S/C9H13BrN4/c10-7-8(11)12-6-13-9(7)14-4-2-1-3-5-14/h6H,1-5H2,(H2,11,12,13). The molecule has 1 aromatic heterocycles. The van der Waals surface area contributed by atoms with Crippen LogP contribution in [0.2, 0.25) is 0 Å². The zero-order valence-electron chi connectivity index (χ0n) is 7.91. The lowest BCUT2D eigenvalue weighted by atomic mass is 10.1. The molecule has 2 rings (SSSR count). The number of nitrogens with zero attached hydrogens (tertiary/aromatic N) is 3. The summed E-state index contributed by atoms with van der Waals surface area (Å²) in [6, 6.07) is 0. The summed E-state index contributed by atoms with van der Waals surface area (Å²) in [5.74, 6) is 1.44. The van der Waals surface area contributed by atoms with Gasteiger partial charge in [0, 0.05) is 13.1 Å². The van der Waals surface area contributed by atoms with Gasteiger partial charge in [-0.05, 0) is 35.2 Å². The number of rotatable bonds is 1. The topological polar surface area (TPSA) is 55.0 Å². The van der Waals surface area contributed by atoms with Crippen LogP contribution in [-0.2, 0) is 0 Å². The number of anilines is 2. The van der Waals surface area contributed by atoms with Crippen LogP contribution in [0.3, 0.4) is 0 Å². The molecule has 0 amide bonds. The second kappa shape index (κ2) is 4.13. The number of nitrogen functional groups attached to an aromatic ring is 1. The molecule has 1 aromatic rings. The highest BCUT2D eigenvalue weighted by Gasteiger charge is 2.16. The largest absolute Gasteiger partial charge is 0.383 e. The molecule has 4 nitrogen and oxygen atoms in total. The predicted molar refractivity (Wildman–Crippen MR) is 60.2 cm³/mol. The molecule has 0 radical (unpaired) electrons. The molecule has 0 bridgehead atoms. The van der Waals surface area contributed by atoms with Crippen molar-refractivity contribution in [3.8, 4) is 0 Å². The van der Waals surface area contributed by atoms with Crippen molar-refractivity contribution in [2.24, 2.45) is 0 Å². The van der Waals surface area contributed by atoms with Gasteiger partial charge in [0.15, 0.2) is 0 Å². The van der Waals surface area contributed by atoms with Crippen molar-refractivity contribution in [1.82, 2.24) is 9.97 Å². The number of halogens is 1. The molecule has 1 fully saturated rings. The van der Waals surface area contributed by atoms with Gasteiger partial charge in [0.1, 0.15) is 22.4 Å². The third-order valence-corrected chi connectivity index (χ3v) is 3.21. The Kier molecular flexibility index (Phi) is 2.86. The molecule has 0 aromatic carbocycles. The summed E-state index contributed by atoms with van der Waals surface area (Å²) >= 11 is 3.42. The van der Waals surface area contributed by atoms with E-state index in [4.69, 9.17) is 5.73 Å². The summed E-state index contributed by atoms with van der Waals surface area (Å²) in [4.78, 5) is 10.4. The Morgan fingerprint density at radius 3 is 2.64 bits per heavy atom. The average molecular weight is 257 g/mol. The van der Waals surface area contributed by atoms with Crippen LogP contribution >= 0.6 is 15.9 Å². The van der Waals surface area contributed by atoms with E-state index in [1.54, 1.807) is 0 Å². The maximum atomic E-state index is 5.70. The van der Waals surface area contributed by atoms with E-state index in [0.29, 0.717) is 5.82 Å². The fourth-order valence-electron chi connectivity index (χ4n) is 1.70. The molecular formula is C9H13BrN4. The van der Waals surface area contributed by atoms with Crippen molar-refractivity contribution in [2.45, 2.75) is 19.3 Å². The van der Waals surface area contributed by atoms with Crippen LogP contribution < -0.4 is 10.6 Å². The van der Waals surface area contributed by atoms with Crippen LogP contribution in [0.4, 0.5) is 11.6 Å². The highest BCUT2D eigenvalue weighted by molar-refractivity contribution is 9.10. The second-order valence-corrected chi connectivity index (χ2v) is 4.24. The van der Waals surface area contributed by atoms with Gasteiger partial charge in [-0.2, -0.15) is 0 Å². The van der Waals surface area contributed by atoms with E-state index in [2.05, 4.69) is 30.8 Å². The summed E-state index contributed by atoms with van der Waals surface area (Å²) in [5.41, 5.74) is 5.70. The maximum Gasteiger partial charge on any atom is 0.148 e. The highest BCUT2D eigenvalue weighted by atomic mass is 79.9. The summed E-state index contributed by atoms with van der Waals surface area (Å²) in [5, 5.41) is 0. The molecular weight excluding hydrogens is 244 g/mol. The molecule has 0 aliphatic carbocycles. The van der Waals surface area contributed by atoms with E-state index in [0.717, 1.165) is 23.4 Å². The van der Waals surface area contributed by atoms with E-state index in [-0.39, 0.29) is 0 Å². The lowest BCUT2D eigenvalue weighted by Crippen LogP contribution is -2.30. The molecule has 1 saturated heterocycles. The van der Waals surface area contributed by atoms with Gasteiger partial charge < -0.3 is 10.6 Å². The van der Waals surface area contributed by atoms with Gasteiger partial charge in [0.2, 0.25) is 0 Å². The van der Waals surface area contributed by atoms with Crippen molar-refractivity contribution in [3.63, 3.8) is 0 Å². The zero-order valence-corrected chi connectivity index (χ0v) is 9.50. The molecule has 0 spiro atoms. The SMILES string of the molecule is Nc1ncnc(N2CCCCC2)c1Br. The van der Waals surface area contributed by atoms with Crippen molar-refractivity contribution in [1.29, 1.82) is 0 Å². The number of hydrogen-bond acceptors (Lipinski definition) is 4. The molecule has 2 heterocycles. The van der Waals surface area contributed by atoms with E-state index in [9.17, 15) is 0 Å². The summed E-state index contributed by atoms with van der Waals surface area (Å²) in [7, 11) is 0. The minimum absolute atomic E-state index is 0.514. The van der Waals surface area contributed by atoms with Gasteiger partial charge in [-0.15, -0.1) is 0 Å². The van der Waals surface area contributed by atoms with Crippen LogP contribution in [0.5, 0.6) is 0 Å². The number of nitrogens with two attached hydrogens (primary N) is 1. The van der Waals surface area contributed by atoms with Crippen LogP contribution in [0.1, 0.15) is 19.3 Å². The van der Waals surface area contributed by atoms with Crippen LogP contribution in [0.25, 0.3) is 0 Å². The van der Waals surface area contributed by atoms with Gasteiger partial charge >= 0.3 is 0 Å². The monoisotopic (exact) mass is 256 g/mol. The Labute approximate surface area is 91.7 Å². The minimum Gasteiger partial charge on any atom is -0.383 e. The van der Waals surface area contributed by atoms with Crippen LogP contribution in [0, 0.1) is 0 Å². The fraction of sp³-hybridized carbons (Fsp3) is 0.556. The van der Waals surface area contributed by atoms with Crippen molar-refractivity contribution < 1.29 is 0 Å². The van der Waals surface area contributed by atoms with Crippen molar-refractivity contribution in [2.75, 3.05) is 23.7 Å². The summed E-state index contributed by atoms with van der Waals surface area (Å²) in [6.07, 6.45) is 5.30. The average Bonchev–Trinajstić information content (AvgIpc) is 2.23. The summed E-state index contributed by atoms with van der Waals surface area (Å²) in [6.45, 7) is 2.13. The van der Waals surface area contributed by atoms with Gasteiger partial charge in [0.25, 0.3) is 0 Å². The first-order valence-corrected chi connectivity index (χ1v) is 5.59. The second-order valence-electron chi connectivity index (χ2n) is 3.44. The zero-order chi connectivity index (χ0) is 9.97. The quantitative estimate of drug-likeness (QED) is 0.833. The van der Waals surface area contributed by atoms with Crippen molar-refractivity contribution in [3.05, 3.63) is 10.8 Å². The molecule has 76 valence electrons. The van der Waals surface area contributed by atoms with E-state index in [1.165, 1.54) is 25.6 Å². The van der Waals surface area contributed by atoms with Crippen LogP contribution in [0.15, 0.2) is 10.8 Å². The van der Waals surface area contributed by atoms with E-state index in [1.807, 2.05) is 0 Å². The van der Waals surface area contributed by atoms with Gasteiger partial charge in [-0.3, -0.25) is 0 Å². The lowest BCUT2D eigenvalue weighted by Gasteiger charge is -2.28. The summed E-state index contributed by atoms with van der Waals surface area (Å²) < 4.78 is 0.821. The Hall–Kier alpha value is -0.840. The predicted octanol–water partition coefficient (Wildman–Crippen LogP) is 1.81. The molecule has 0 saturated carbocycles. The van der Waals surface area contributed by atoms with Gasteiger partial charge in [-0.25, -0.2) is 9.97 Å². The fourth-order valence-corrected chi connectivity index (χ4v) is 2.16. The first kappa shape index (κ1) is 9.71. The molecule has 1 aliphatic rings. The molecule has 14 heavy (non-hydrogen) atoms.